The van der Waals surface area contributed by atoms with E-state index in [9.17, 15) is 0 Å². The normalized spacial score (nSPS) is 11.1. The van der Waals surface area contributed by atoms with E-state index in [1.54, 1.807) is 18.4 Å². The maximum Gasteiger partial charge on any atom is 0.191 e. The van der Waals surface area contributed by atoms with Crippen molar-refractivity contribution >= 4 is 41.3 Å². The number of aromatic nitrogens is 1. The topological polar surface area (TPSA) is 49.3 Å². The highest BCUT2D eigenvalue weighted by Crippen LogP contribution is 2.17. The molecular formula is C18H27IN4S. The zero-order valence-electron chi connectivity index (χ0n) is 14.8. The van der Waals surface area contributed by atoms with Crippen molar-refractivity contribution in [2.75, 3.05) is 13.6 Å². The quantitative estimate of drug-likeness (QED) is 0.393. The van der Waals surface area contributed by atoms with E-state index in [-0.39, 0.29) is 24.0 Å². The van der Waals surface area contributed by atoms with Gasteiger partial charge in [-0.3, -0.25) is 4.99 Å². The van der Waals surface area contributed by atoms with Gasteiger partial charge in [-0.15, -0.1) is 35.3 Å². The Morgan fingerprint density at radius 1 is 1.21 bits per heavy atom. The summed E-state index contributed by atoms with van der Waals surface area (Å²) in [4.78, 5) is 10.3. The third kappa shape index (κ3) is 6.05. The Hall–Kier alpha value is -1.15. The summed E-state index contributed by atoms with van der Waals surface area (Å²) in [5.74, 6) is 0.831. The van der Waals surface area contributed by atoms with Gasteiger partial charge in [0, 0.05) is 31.4 Å². The number of nitrogens with one attached hydrogen (secondary N) is 2. The minimum Gasteiger partial charge on any atom is -0.356 e. The zero-order valence-corrected chi connectivity index (χ0v) is 18.0. The predicted octanol–water partition coefficient (Wildman–Crippen LogP) is 3.85. The van der Waals surface area contributed by atoms with E-state index in [1.807, 2.05) is 0 Å². The molecule has 0 aliphatic heterocycles. The lowest BCUT2D eigenvalue weighted by Gasteiger charge is -2.12. The van der Waals surface area contributed by atoms with Gasteiger partial charge in [0.25, 0.3) is 0 Å². The fourth-order valence-electron chi connectivity index (χ4n) is 2.42. The smallest absolute Gasteiger partial charge is 0.191 e. The number of aryl methyl sites for hydroxylation is 3. The van der Waals surface area contributed by atoms with Gasteiger partial charge in [-0.1, -0.05) is 31.2 Å². The van der Waals surface area contributed by atoms with Crippen LogP contribution in [0, 0.1) is 13.8 Å². The lowest BCUT2D eigenvalue weighted by molar-refractivity contribution is 0.787. The minimum atomic E-state index is 0. The van der Waals surface area contributed by atoms with Crippen molar-refractivity contribution in [1.82, 2.24) is 15.6 Å². The molecule has 0 aliphatic rings. The van der Waals surface area contributed by atoms with Crippen LogP contribution in [0.25, 0.3) is 0 Å². The van der Waals surface area contributed by atoms with Crippen LogP contribution in [0.5, 0.6) is 0 Å². The molecule has 1 aromatic carbocycles. The summed E-state index contributed by atoms with van der Waals surface area (Å²) in [5, 5.41) is 7.92. The fraction of sp³-hybridized carbons (Fsp3) is 0.444. The zero-order chi connectivity index (χ0) is 16.7. The fourth-order valence-corrected chi connectivity index (χ4v) is 3.44. The Kier molecular flexibility index (Phi) is 9.28. The molecule has 2 aromatic rings. The van der Waals surface area contributed by atoms with Crippen molar-refractivity contribution in [2.45, 2.75) is 40.2 Å². The second-order valence-corrected chi connectivity index (χ2v) is 6.78. The van der Waals surface area contributed by atoms with Crippen molar-refractivity contribution < 1.29 is 0 Å². The first-order chi connectivity index (χ1) is 11.1. The number of guanidine groups is 1. The molecule has 0 saturated heterocycles. The molecule has 4 nitrogen and oxygen atoms in total. The molecule has 0 bridgehead atoms. The van der Waals surface area contributed by atoms with Crippen molar-refractivity contribution in [3.05, 3.63) is 51.0 Å². The molecule has 6 heteroatoms. The summed E-state index contributed by atoms with van der Waals surface area (Å²) in [7, 11) is 1.80. The summed E-state index contributed by atoms with van der Waals surface area (Å²) in [5.41, 5.74) is 3.81. The number of rotatable bonds is 6. The third-order valence-corrected chi connectivity index (χ3v) is 4.91. The first-order valence-electron chi connectivity index (χ1n) is 8.08. The molecule has 1 aromatic heterocycles. The van der Waals surface area contributed by atoms with E-state index in [4.69, 9.17) is 0 Å². The highest BCUT2D eigenvalue weighted by molar-refractivity contribution is 14.0. The summed E-state index contributed by atoms with van der Waals surface area (Å²) in [6.07, 6.45) is 1.94. The first-order valence-corrected chi connectivity index (χ1v) is 8.90. The van der Waals surface area contributed by atoms with Gasteiger partial charge in [0.2, 0.25) is 0 Å². The molecule has 24 heavy (non-hydrogen) atoms. The Morgan fingerprint density at radius 2 is 1.96 bits per heavy atom. The van der Waals surface area contributed by atoms with E-state index < -0.39 is 0 Å². The van der Waals surface area contributed by atoms with Crippen LogP contribution >= 0.6 is 35.3 Å². The van der Waals surface area contributed by atoms with E-state index in [1.165, 1.54) is 26.7 Å². The van der Waals surface area contributed by atoms with Crippen molar-refractivity contribution in [2.24, 2.45) is 4.99 Å². The number of benzene rings is 1. The second-order valence-electron chi connectivity index (χ2n) is 5.49. The largest absolute Gasteiger partial charge is 0.356 e. The molecule has 0 fully saturated rings. The molecule has 0 aliphatic carbocycles. The van der Waals surface area contributed by atoms with E-state index in [0.717, 1.165) is 31.9 Å². The van der Waals surface area contributed by atoms with Crippen molar-refractivity contribution in [3.63, 3.8) is 0 Å². The molecule has 0 atom stereocenters. The lowest BCUT2D eigenvalue weighted by atomic mass is 10.1. The molecule has 2 N–H and O–H groups in total. The molecule has 2 rings (SSSR count). The number of hydrogen-bond donors (Lipinski definition) is 2. The monoisotopic (exact) mass is 458 g/mol. The van der Waals surface area contributed by atoms with Crippen LogP contribution in [-0.4, -0.2) is 24.5 Å². The summed E-state index contributed by atoms with van der Waals surface area (Å²) in [6.45, 7) is 8.05. The lowest BCUT2D eigenvalue weighted by Crippen LogP contribution is -2.38. The highest BCUT2D eigenvalue weighted by Gasteiger charge is 2.06. The highest BCUT2D eigenvalue weighted by atomic mass is 127. The number of thiazole rings is 1. The molecule has 132 valence electrons. The van der Waals surface area contributed by atoms with E-state index in [0.29, 0.717) is 0 Å². The predicted molar refractivity (Wildman–Crippen MR) is 115 cm³/mol. The Bertz CT molecular complexity index is 667. The Morgan fingerprint density at radius 3 is 2.58 bits per heavy atom. The Balaban J connectivity index is 0.00000288. The van der Waals surface area contributed by atoms with Crippen LogP contribution in [0.4, 0.5) is 0 Å². The van der Waals surface area contributed by atoms with Gasteiger partial charge in [0.05, 0.1) is 10.7 Å². The second kappa shape index (κ2) is 10.7. The SMILES string of the molecule is CCc1nc(CCNC(=NC)NCc2ccccc2C)sc1C.I. The third-order valence-electron chi connectivity index (χ3n) is 3.83. The van der Waals surface area contributed by atoms with Gasteiger partial charge < -0.3 is 10.6 Å². The summed E-state index contributed by atoms with van der Waals surface area (Å²) >= 11 is 1.80. The van der Waals surface area contributed by atoms with Crippen LogP contribution in [0.15, 0.2) is 29.3 Å². The van der Waals surface area contributed by atoms with Gasteiger partial charge in [-0.05, 0) is 31.4 Å². The van der Waals surface area contributed by atoms with Gasteiger partial charge in [0.15, 0.2) is 5.96 Å². The number of hydrogen-bond acceptors (Lipinski definition) is 3. The average Bonchev–Trinajstić information content (AvgIpc) is 2.92. The van der Waals surface area contributed by atoms with Gasteiger partial charge in [-0.2, -0.15) is 0 Å². The maximum absolute atomic E-state index is 4.67. The molecule has 0 unspecified atom stereocenters. The summed E-state index contributed by atoms with van der Waals surface area (Å²) < 4.78 is 0. The van der Waals surface area contributed by atoms with E-state index >= 15 is 0 Å². The van der Waals surface area contributed by atoms with Crippen LogP contribution in [0.3, 0.4) is 0 Å². The minimum absolute atomic E-state index is 0. The number of nitrogens with zero attached hydrogens (tertiary/aromatic N) is 2. The number of halogens is 1. The van der Waals surface area contributed by atoms with Crippen molar-refractivity contribution in [3.8, 4) is 0 Å². The maximum atomic E-state index is 4.67. The number of aliphatic imine (C=N–C) groups is 1. The Labute approximate surface area is 166 Å². The van der Waals surface area contributed by atoms with Crippen LogP contribution in [0.2, 0.25) is 0 Å². The first kappa shape index (κ1) is 20.9. The molecule has 0 spiro atoms. The van der Waals surface area contributed by atoms with Gasteiger partial charge in [0.1, 0.15) is 0 Å². The van der Waals surface area contributed by atoms with Crippen LogP contribution in [-0.2, 0) is 19.4 Å². The summed E-state index contributed by atoms with van der Waals surface area (Å²) in [6, 6.07) is 8.40. The van der Waals surface area contributed by atoms with Crippen LogP contribution in [0.1, 0.15) is 33.6 Å². The van der Waals surface area contributed by atoms with Crippen molar-refractivity contribution in [1.29, 1.82) is 0 Å². The average molecular weight is 458 g/mol. The van der Waals surface area contributed by atoms with Crippen LogP contribution < -0.4 is 10.6 Å². The molecule has 0 radical (unpaired) electrons. The standard InChI is InChI=1S/C18H26N4S.HI/c1-5-16-14(3)23-17(22-16)10-11-20-18(19-4)21-12-15-9-7-6-8-13(15)2;/h6-9H,5,10-12H2,1-4H3,(H2,19,20,21);1H. The van der Waals surface area contributed by atoms with E-state index in [2.05, 4.69) is 65.6 Å². The molecule has 0 amide bonds. The molecule has 0 saturated carbocycles. The van der Waals surface area contributed by atoms with Gasteiger partial charge in [-0.25, -0.2) is 4.98 Å². The molecular weight excluding hydrogens is 431 g/mol. The molecule has 1 heterocycles. The van der Waals surface area contributed by atoms with Gasteiger partial charge >= 0.3 is 0 Å².